The fourth-order valence-corrected chi connectivity index (χ4v) is 1.96. The van der Waals surface area contributed by atoms with Crippen LogP contribution < -0.4 is 10.1 Å². The van der Waals surface area contributed by atoms with Crippen LogP contribution in [0.4, 0.5) is 17.2 Å². The van der Waals surface area contributed by atoms with E-state index in [-0.39, 0.29) is 29.5 Å². The molecule has 0 aliphatic carbocycles. The molecule has 0 bridgehead atoms. The molecule has 2 rings (SSSR count). The molecule has 1 amide bonds. The number of hydrogen-bond acceptors (Lipinski definition) is 7. The number of nitro groups is 2. The van der Waals surface area contributed by atoms with Crippen LogP contribution in [0.25, 0.3) is 0 Å². The average molecular weight is 335 g/mol. The molecule has 0 fully saturated rings. The topological polar surface area (TPSA) is 142 Å². The fourth-order valence-electron chi connectivity index (χ4n) is 1.96. The van der Waals surface area contributed by atoms with Crippen LogP contribution in [0.15, 0.2) is 24.3 Å². The number of ether oxygens (including phenoxy) is 1. The average Bonchev–Trinajstić information content (AvgIpc) is 2.88. The first kappa shape index (κ1) is 16.9. The zero-order valence-electron chi connectivity index (χ0n) is 12.8. The highest BCUT2D eigenvalue weighted by Crippen LogP contribution is 2.25. The summed E-state index contributed by atoms with van der Waals surface area (Å²) in [6.45, 7) is 1.30. The van der Waals surface area contributed by atoms with Crippen molar-refractivity contribution in [3.05, 3.63) is 50.2 Å². The molecule has 11 heteroatoms. The Bertz CT molecular complexity index is 815. The molecule has 11 nitrogen and oxygen atoms in total. The zero-order valence-corrected chi connectivity index (χ0v) is 12.8. The summed E-state index contributed by atoms with van der Waals surface area (Å²) in [5, 5.41) is 27.7. The Morgan fingerprint density at radius 1 is 1.25 bits per heavy atom. The van der Waals surface area contributed by atoms with E-state index in [0.717, 1.165) is 0 Å². The second-order valence-corrected chi connectivity index (χ2v) is 4.78. The summed E-state index contributed by atoms with van der Waals surface area (Å²) in [5.74, 6) is -0.693. The summed E-state index contributed by atoms with van der Waals surface area (Å²) in [4.78, 5) is 32.3. The summed E-state index contributed by atoms with van der Waals surface area (Å²) in [5.41, 5.74) is 0.370. The largest absolute Gasteiger partial charge is 0.496 e. The van der Waals surface area contributed by atoms with Crippen LogP contribution in [0.5, 0.6) is 5.75 Å². The number of nitrogens with zero attached hydrogens (tertiary/aromatic N) is 4. The Morgan fingerprint density at radius 2 is 1.96 bits per heavy atom. The molecule has 2 aromatic rings. The van der Waals surface area contributed by atoms with Gasteiger partial charge in [-0.3, -0.25) is 14.9 Å². The van der Waals surface area contributed by atoms with Crippen molar-refractivity contribution in [2.45, 2.75) is 13.5 Å². The molecule has 0 radical (unpaired) electrons. The van der Waals surface area contributed by atoms with E-state index < -0.39 is 15.8 Å². The van der Waals surface area contributed by atoms with Crippen LogP contribution in [0, 0.1) is 27.2 Å². The van der Waals surface area contributed by atoms with E-state index in [9.17, 15) is 25.0 Å². The minimum atomic E-state index is -0.660. The maximum Gasteiger partial charge on any atom is 0.390 e. The van der Waals surface area contributed by atoms with Crippen LogP contribution in [0.2, 0.25) is 0 Å². The van der Waals surface area contributed by atoms with E-state index >= 15 is 0 Å². The number of aryl methyl sites for hydroxylation is 1. The van der Waals surface area contributed by atoms with E-state index in [4.69, 9.17) is 4.74 Å². The summed E-state index contributed by atoms with van der Waals surface area (Å²) in [7, 11) is 1.34. The monoisotopic (exact) mass is 335 g/mol. The van der Waals surface area contributed by atoms with Gasteiger partial charge >= 0.3 is 5.82 Å². The van der Waals surface area contributed by atoms with Gasteiger partial charge in [0.2, 0.25) is 5.91 Å². The fraction of sp³-hybridized carbons (Fsp3) is 0.231. The molecular weight excluding hydrogens is 322 g/mol. The Morgan fingerprint density at radius 3 is 2.50 bits per heavy atom. The molecule has 0 unspecified atom stereocenters. The van der Waals surface area contributed by atoms with E-state index in [0.29, 0.717) is 5.69 Å². The highest BCUT2D eigenvalue weighted by molar-refractivity contribution is 5.91. The number of non-ortho nitro benzene ring substituents is 1. The number of aromatic nitrogens is 2. The Balaban J connectivity index is 2.16. The SMILES string of the molecule is COc1cc(NC(=O)Cn2nc([N+](=O)[O-])cc2C)cc([N+](=O)[O-])c1. The van der Waals surface area contributed by atoms with Gasteiger partial charge < -0.3 is 20.2 Å². The van der Waals surface area contributed by atoms with Crippen molar-refractivity contribution in [3.63, 3.8) is 0 Å². The van der Waals surface area contributed by atoms with Crippen molar-refractivity contribution in [1.82, 2.24) is 9.78 Å². The molecule has 0 saturated carbocycles. The standard InChI is InChI=1S/C13H13N5O6/c1-8-3-12(18(22)23)15-16(8)7-13(19)14-9-4-10(17(20)21)6-11(5-9)24-2/h3-6H,7H2,1-2H3,(H,14,19). The van der Waals surface area contributed by atoms with Gasteiger partial charge in [0.05, 0.1) is 40.6 Å². The molecule has 0 atom stereocenters. The van der Waals surface area contributed by atoms with Gasteiger partial charge in [-0.15, -0.1) is 0 Å². The van der Waals surface area contributed by atoms with Crippen molar-refractivity contribution >= 4 is 23.1 Å². The predicted octanol–water partition coefficient (Wildman–Crippen LogP) is 1.66. The molecule has 0 aliphatic rings. The third-order valence-corrected chi connectivity index (χ3v) is 3.07. The number of benzene rings is 1. The van der Waals surface area contributed by atoms with Gasteiger partial charge in [0.1, 0.15) is 12.3 Å². The van der Waals surface area contributed by atoms with E-state index in [2.05, 4.69) is 10.4 Å². The van der Waals surface area contributed by atoms with Crippen molar-refractivity contribution in [1.29, 1.82) is 0 Å². The third-order valence-electron chi connectivity index (χ3n) is 3.07. The summed E-state index contributed by atoms with van der Waals surface area (Å²) >= 11 is 0. The predicted molar refractivity (Wildman–Crippen MR) is 81.9 cm³/mol. The van der Waals surface area contributed by atoms with Crippen LogP contribution >= 0.6 is 0 Å². The van der Waals surface area contributed by atoms with Crippen molar-refractivity contribution in [2.24, 2.45) is 0 Å². The molecule has 0 spiro atoms. The van der Waals surface area contributed by atoms with Crippen molar-refractivity contribution < 1.29 is 19.4 Å². The number of amides is 1. The number of nitrogens with one attached hydrogen (secondary N) is 1. The third kappa shape index (κ3) is 3.82. The second-order valence-electron chi connectivity index (χ2n) is 4.78. The zero-order chi connectivity index (χ0) is 17.9. The normalized spacial score (nSPS) is 10.2. The van der Waals surface area contributed by atoms with Gasteiger partial charge in [0, 0.05) is 12.1 Å². The number of anilines is 1. The quantitative estimate of drug-likeness (QED) is 0.624. The van der Waals surface area contributed by atoms with E-state index in [1.54, 1.807) is 6.92 Å². The molecule has 24 heavy (non-hydrogen) atoms. The van der Waals surface area contributed by atoms with Crippen molar-refractivity contribution in [2.75, 3.05) is 12.4 Å². The number of methoxy groups -OCH3 is 1. The Hall–Kier alpha value is -3.50. The Labute approximate surface area is 135 Å². The number of carbonyl (C=O) groups is 1. The van der Waals surface area contributed by atoms with Crippen LogP contribution in [-0.2, 0) is 11.3 Å². The molecule has 0 saturated heterocycles. The van der Waals surface area contributed by atoms with Crippen LogP contribution in [0.3, 0.4) is 0 Å². The van der Waals surface area contributed by atoms with Gasteiger partial charge in [-0.05, 0) is 11.8 Å². The Kier molecular flexibility index (Phi) is 4.73. The number of hydrogen-bond donors (Lipinski definition) is 1. The first-order valence-corrected chi connectivity index (χ1v) is 6.62. The van der Waals surface area contributed by atoms with Crippen LogP contribution in [0.1, 0.15) is 5.69 Å². The minimum absolute atomic E-state index is 0.172. The van der Waals surface area contributed by atoms with Gasteiger partial charge in [-0.2, -0.15) is 4.68 Å². The lowest BCUT2D eigenvalue weighted by atomic mass is 10.2. The maximum absolute atomic E-state index is 12.0. The smallest absolute Gasteiger partial charge is 0.390 e. The second kappa shape index (κ2) is 6.73. The van der Waals surface area contributed by atoms with E-state index in [1.165, 1.54) is 36.1 Å². The lowest BCUT2D eigenvalue weighted by Gasteiger charge is -2.07. The van der Waals surface area contributed by atoms with E-state index in [1.807, 2.05) is 0 Å². The first-order chi connectivity index (χ1) is 11.3. The summed E-state index contributed by atoms with van der Waals surface area (Å²) in [6, 6.07) is 5.06. The number of rotatable bonds is 6. The van der Waals surface area contributed by atoms with Gasteiger partial charge in [0.15, 0.2) is 0 Å². The number of nitro benzene ring substituents is 1. The summed E-state index contributed by atoms with van der Waals surface area (Å²) < 4.78 is 6.11. The highest BCUT2D eigenvalue weighted by Gasteiger charge is 2.18. The molecular formula is C13H13N5O6. The molecule has 1 aromatic carbocycles. The maximum atomic E-state index is 12.0. The molecule has 1 N–H and O–H groups in total. The summed E-state index contributed by atoms with van der Waals surface area (Å²) in [6.07, 6.45) is 0. The number of carbonyl (C=O) groups excluding carboxylic acids is 1. The molecule has 1 heterocycles. The van der Waals surface area contributed by atoms with Crippen molar-refractivity contribution in [3.8, 4) is 5.75 Å². The first-order valence-electron chi connectivity index (χ1n) is 6.62. The van der Waals surface area contributed by atoms with Gasteiger partial charge in [-0.1, -0.05) is 0 Å². The molecule has 1 aromatic heterocycles. The highest BCUT2D eigenvalue weighted by atomic mass is 16.6. The lowest BCUT2D eigenvalue weighted by Crippen LogP contribution is -2.20. The minimum Gasteiger partial charge on any atom is -0.496 e. The molecule has 126 valence electrons. The van der Waals surface area contributed by atoms with Gasteiger partial charge in [0.25, 0.3) is 5.69 Å². The lowest BCUT2D eigenvalue weighted by molar-refractivity contribution is -0.389. The van der Waals surface area contributed by atoms with Gasteiger partial charge in [-0.25, -0.2) is 0 Å². The van der Waals surface area contributed by atoms with Crippen LogP contribution in [-0.4, -0.2) is 32.6 Å². The molecule has 0 aliphatic heterocycles.